The van der Waals surface area contributed by atoms with Gasteiger partial charge in [0.1, 0.15) is 5.52 Å². The lowest BCUT2D eigenvalue weighted by atomic mass is 10.2. The van der Waals surface area contributed by atoms with Crippen LogP contribution in [0.4, 0.5) is 5.69 Å². The number of carbonyl (C=O) groups is 1. The number of aromatic nitrogens is 1. The zero-order chi connectivity index (χ0) is 20.4. The van der Waals surface area contributed by atoms with Crippen LogP contribution in [0.25, 0.3) is 22.6 Å². The van der Waals surface area contributed by atoms with E-state index >= 15 is 0 Å². The molecule has 0 fully saturated rings. The maximum absolute atomic E-state index is 12.5. The minimum Gasteiger partial charge on any atom is -0.493 e. The van der Waals surface area contributed by atoms with E-state index in [0.29, 0.717) is 39.7 Å². The molecule has 7 heteroatoms. The summed E-state index contributed by atoms with van der Waals surface area (Å²) >= 11 is 3.37. The molecule has 0 atom stereocenters. The molecule has 0 bridgehead atoms. The average molecular weight is 453 g/mol. The largest absolute Gasteiger partial charge is 0.493 e. The number of nitrogens with one attached hydrogen (secondary N) is 1. The quantitative estimate of drug-likeness (QED) is 0.431. The van der Waals surface area contributed by atoms with Crippen LogP contribution in [0.15, 0.2) is 69.6 Å². The van der Waals surface area contributed by atoms with Gasteiger partial charge in [0.25, 0.3) is 5.91 Å². The summed E-state index contributed by atoms with van der Waals surface area (Å²) in [6.07, 6.45) is 0. The zero-order valence-electron chi connectivity index (χ0n) is 15.7. The van der Waals surface area contributed by atoms with Crippen molar-refractivity contribution in [3.63, 3.8) is 0 Å². The molecule has 1 N–H and O–H groups in total. The fourth-order valence-electron chi connectivity index (χ4n) is 2.93. The molecule has 0 aliphatic heterocycles. The van der Waals surface area contributed by atoms with Gasteiger partial charge in [0, 0.05) is 21.3 Å². The summed E-state index contributed by atoms with van der Waals surface area (Å²) in [5, 5.41) is 2.88. The van der Waals surface area contributed by atoms with Crippen molar-refractivity contribution in [1.82, 2.24) is 4.98 Å². The fourth-order valence-corrected chi connectivity index (χ4v) is 3.33. The fraction of sp³-hybridized carbons (Fsp3) is 0.0909. The van der Waals surface area contributed by atoms with E-state index in [1.807, 2.05) is 18.2 Å². The Labute approximate surface area is 175 Å². The topological polar surface area (TPSA) is 73.6 Å². The lowest BCUT2D eigenvalue weighted by Crippen LogP contribution is -2.11. The smallest absolute Gasteiger partial charge is 0.255 e. The van der Waals surface area contributed by atoms with Crippen LogP contribution >= 0.6 is 15.9 Å². The van der Waals surface area contributed by atoms with Crippen LogP contribution in [0.1, 0.15) is 10.4 Å². The highest BCUT2D eigenvalue weighted by Gasteiger charge is 2.13. The van der Waals surface area contributed by atoms with Crippen LogP contribution in [-0.4, -0.2) is 25.1 Å². The Kier molecular flexibility index (Phi) is 5.22. The van der Waals surface area contributed by atoms with E-state index in [9.17, 15) is 4.79 Å². The molecule has 0 spiro atoms. The normalized spacial score (nSPS) is 10.7. The van der Waals surface area contributed by atoms with Gasteiger partial charge >= 0.3 is 0 Å². The van der Waals surface area contributed by atoms with E-state index in [1.165, 1.54) is 0 Å². The molecule has 6 nitrogen and oxygen atoms in total. The summed E-state index contributed by atoms with van der Waals surface area (Å²) in [5.74, 6) is 1.48. The molecule has 0 saturated heterocycles. The maximum Gasteiger partial charge on any atom is 0.255 e. The Morgan fingerprint density at radius 2 is 1.83 bits per heavy atom. The maximum atomic E-state index is 12.5. The third-order valence-corrected chi connectivity index (χ3v) is 4.86. The van der Waals surface area contributed by atoms with Gasteiger partial charge in [-0.25, -0.2) is 4.98 Å². The highest BCUT2D eigenvalue weighted by molar-refractivity contribution is 9.10. The molecule has 4 rings (SSSR count). The minimum atomic E-state index is -0.200. The van der Waals surface area contributed by atoms with Gasteiger partial charge in [0.15, 0.2) is 17.1 Å². The number of amides is 1. The number of fused-ring (bicyclic) bond motifs is 1. The van der Waals surface area contributed by atoms with Gasteiger partial charge < -0.3 is 19.2 Å². The third kappa shape index (κ3) is 3.95. The number of nitrogens with zero attached hydrogens (tertiary/aromatic N) is 1. The molecule has 0 saturated carbocycles. The highest BCUT2D eigenvalue weighted by Crippen LogP contribution is 2.33. The molecule has 1 aromatic heterocycles. The number of hydrogen-bond donors (Lipinski definition) is 1. The number of anilines is 1. The third-order valence-electron chi connectivity index (χ3n) is 4.36. The summed E-state index contributed by atoms with van der Waals surface area (Å²) in [4.78, 5) is 17.0. The van der Waals surface area contributed by atoms with E-state index in [0.717, 1.165) is 10.0 Å². The van der Waals surface area contributed by atoms with E-state index < -0.39 is 0 Å². The first-order valence-corrected chi connectivity index (χ1v) is 9.56. The van der Waals surface area contributed by atoms with Crippen molar-refractivity contribution in [2.24, 2.45) is 0 Å². The molecule has 0 aliphatic rings. The van der Waals surface area contributed by atoms with Gasteiger partial charge in [-0.1, -0.05) is 22.0 Å². The molecule has 3 aromatic carbocycles. The number of rotatable bonds is 5. The van der Waals surface area contributed by atoms with Crippen LogP contribution in [0.3, 0.4) is 0 Å². The number of halogens is 1. The van der Waals surface area contributed by atoms with Crippen molar-refractivity contribution in [2.75, 3.05) is 19.5 Å². The molecule has 146 valence electrons. The Morgan fingerprint density at radius 3 is 2.59 bits per heavy atom. The molecule has 0 aliphatic carbocycles. The summed E-state index contributed by atoms with van der Waals surface area (Å²) in [7, 11) is 3.16. The SMILES string of the molecule is COc1ccc(-c2nc3cc(NC(=O)c4cccc(Br)c4)ccc3o2)cc1OC. The van der Waals surface area contributed by atoms with Crippen molar-refractivity contribution in [3.8, 4) is 23.0 Å². The summed E-state index contributed by atoms with van der Waals surface area (Å²) < 4.78 is 17.3. The molecular weight excluding hydrogens is 436 g/mol. The summed E-state index contributed by atoms with van der Waals surface area (Å²) in [6, 6.07) is 18.0. The van der Waals surface area contributed by atoms with Crippen molar-refractivity contribution >= 4 is 38.6 Å². The van der Waals surface area contributed by atoms with Crippen LogP contribution in [-0.2, 0) is 0 Å². The molecule has 0 radical (unpaired) electrons. The number of ether oxygens (including phenoxy) is 2. The molecule has 4 aromatic rings. The van der Waals surface area contributed by atoms with Gasteiger partial charge in [-0.3, -0.25) is 4.79 Å². The lowest BCUT2D eigenvalue weighted by Gasteiger charge is -2.07. The molecule has 1 heterocycles. The molecular formula is C22H17BrN2O4. The van der Waals surface area contributed by atoms with Gasteiger partial charge in [0.05, 0.1) is 14.2 Å². The Bertz CT molecular complexity index is 1200. The summed E-state index contributed by atoms with van der Waals surface area (Å²) in [6.45, 7) is 0. The second kappa shape index (κ2) is 7.97. The van der Waals surface area contributed by atoms with Crippen LogP contribution in [0.5, 0.6) is 11.5 Å². The predicted octanol–water partition coefficient (Wildman–Crippen LogP) is 5.53. The first-order valence-electron chi connectivity index (χ1n) is 8.77. The second-order valence-electron chi connectivity index (χ2n) is 6.24. The first-order chi connectivity index (χ1) is 14.1. The predicted molar refractivity (Wildman–Crippen MR) is 115 cm³/mol. The average Bonchev–Trinajstić information content (AvgIpc) is 3.16. The Morgan fingerprint density at radius 1 is 1.00 bits per heavy atom. The highest BCUT2D eigenvalue weighted by atomic mass is 79.9. The van der Waals surface area contributed by atoms with Crippen molar-refractivity contribution in [1.29, 1.82) is 0 Å². The van der Waals surface area contributed by atoms with E-state index in [-0.39, 0.29) is 5.91 Å². The monoisotopic (exact) mass is 452 g/mol. The van der Waals surface area contributed by atoms with Crippen molar-refractivity contribution in [2.45, 2.75) is 0 Å². The molecule has 1 amide bonds. The first kappa shape index (κ1) is 19.0. The lowest BCUT2D eigenvalue weighted by molar-refractivity contribution is 0.102. The number of benzene rings is 3. The number of hydrogen-bond acceptors (Lipinski definition) is 5. The van der Waals surface area contributed by atoms with Crippen molar-refractivity contribution < 1.29 is 18.7 Å². The van der Waals surface area contributed by atoms with Gasteiger partial charge in [-0.2, -0.15) is 0 Å². The van der Waals surface area contributed by atoms with E-state index in [4.69, 9.17) is 13.9 Å². The zero-order valence-corrected chi connectivity index (χ0v) is 17.3. The van der Waals surface area contributed by atoms with Crippen LogP contribution < -0.4 is 14.8 Å². The van der Waals surface area contributed by atoms with Crippen molar-refractivity contribution in [3.05, 3.63) is 70.7 Å². The molecule has 0 unspecified atom stereocenters. The second-order valence-corrected chi connectivity index (χ2v) is 7.15. The number of oxazole rings is 1. The van der Waals surface area contributed by atoms with E-state index in [2.05, 4.69) is 26.2 Å². The minimum absolute atomic E-state index is 0.200. The molecule has 29 heavy (non-hydrogen) atoms. The van der Waals surface area contributed by atoms with Gasteiger partial charge in [0.2, 0.25) is 5.89 Å². The van der Waals surface area contributed by atoms with E-state index in [1.54, 1.807) is 56.7 Å². The van der Waals surface area contributed by atoms with Crippen LogP contribution in [0.2, 0.25) is 0 Å². The Hall–Kier alpha value is -3.32. The number of carbonyl (C=O) groups excluding carboxylic acids is 1. The number of methoxy groups -OCH3 is 2. The van der Waals surface area contributed by atoms with Gasteiger partial charge in [-0.05, 0) is 54.6 Å². The standard InChI is InChI=1S/C22H17BrN2O4/c1-27-19-8-6-14(11-20(19)28-2)22-25-17-12-16(7-9-18(17)29-22)24-21(26)13-4-3-5-15(23)10-13/h3-12H,1-2H3,(H,24,26). The summed E-state index contributed by atoms with van der Waals surface area (Å²) in [5.41, 5.74) is 3.22. The van der Waals surface area contributed by atoms with Gasteiger partial charge in [-0.15, -0.1) is 0 Å². The Balaban J connectivity index is 1.62. The van der Waals surface area contributed by atoms with Crippen LogP contribution in [0, 0.1) is 0 Å².